The predicted molar refractivity (Wildman–Crippen MR) is 127 cm³/mol. The fourth-order valence-electron chi connectivity index (χ4n) is 3.96. The molecule has 1 aromatic heterocycles. The molecular weight excluding hydrogens is 418 g/mol. The number of methoxy groups -OCH3 is 2. The van der Waals surface area contributed by atoms with Crippen molar-refractivity contribution < 1.29 is 19.1 Å². The second-order valence-electron chi connectivity index (χ2n) is 7.87. The van der Waals surface area contributed by atoms with Crippen molar-refractivity contribution in [3.8, 4) is 5.75 Å². The number of para-hydroxylation sites is 1. The smallest absolute Gasteiger partial charge is 0.337 e. The van der Waals surface area contributed by atoms with Gasteiger partial charge in [-0.25, -0.2) is 9.78 Å². The average Bonchev–Trinajstić information content (AvgIpc) is 3.37. The summed E-state index contributed by atoms with van der Waals surface area (Å²) >= 11 is 0. The van der Waals surface area contributed by atoms with Gasteiger partial charge in [-0.3, -0.25) is 4.79 Å². The van der Waals surface area contributed by atoms with Gasteiger partial charge < -0.3 is 19.4 Å². The van der Waals surface area contributed by atoms with Gasteiger partial charge in [0, 0.05) is 18.5 Å². The highest BCUT2D eigenvalue weighted by Crippen LogP contribution is 2.39. The van der Waals surface area contributed by atoms with Crippen LogP contribution in [0.1, 0.15) is 52.8 Å². The number of imidazole rings is 1. The molecule has 0 bridgehead atoms. The first-order valence-electron chi connectivity index (χ1n) is 11.0. The van der Waals surface area contributed by atoms with Gasteiger partial charge in [-0.2, -0.15) is 0 Å². The molecule has 33 heavy (non-hydrogen) atoms. The number of rotatable bonds is 8. The van der Waals surface area contributed by atoms with Gasteiger partial charge in [-0.15, -0.1) is 0 Å². The predicted octanol–water partition coefficient (Wildman–Crippen LogP) is 4.56. The quantitative estimate of drug-likeness (QED) is 0.406. The molecule has 3 aromatic rings. The maximum Gasteiger partial charge on any atom is 0.337 e. The number of amides is 1. The SMILES string of the molecule is CCCCc1ncc(/C=C2\C(=O)Nc3c(OC)cccc32)n1Cc1ccc(C(=O)OC)cc1. The summed E-state index contributed by atoms with van der Waals surface area (Å²) < 4.78 is 12.3. The van der Waals surface area contributed by atoms with Crippen LogP contribution < -0.4 is 10.1 Å². The molecule has 2 aromatic carbocycles. The monoisotopic (exact) mass is 445 g/mol. The molecule has 1 aliphatic heterocycles. The third-order valence-electron chi connectivity index (χ3n) is 5.75. The number of hydrogen-bond donors (Lipinski definition) is 1. The van der Waals surface area contributed by atoms with Crippen LogP contribution in [-0.4, -0.2) is 35.6 Å². The first kappa shape index (κ1) is 22.3. The molecular formula is C26H27N3O4. The van der Waals surface area contributed by atoms with Gasteiger partial charge in [0.2, 0.25) is 0 Å². The first-order valence-corrected chi connectivity index (χ1v) is 11.0. The van der Waals surface area contributed by atoms with Crippen LogP contribution in [0.25, 0.3) is 11.6 Å². The lowest BCUT2D eigenvalue weighted by Crippen LogP contribution is -2.09. The van der Waals surface area contributed by atoms with Gasteiger partial charge in [0.1, 0.15) is 11.6 Å². The molecule has 0 atom stereocenters. The third-order valence-corrected chi connectivity index (χ3v) is 5.75. The lowest BCUT2D eigenvalue weighted by atomic mass is 10.1. The second-order valence-corrected chi connectivity index (χ2v) is 7.87. The first-order chi connectivity index (χ1) is 16.0. The second kappa shape index (κ2) is 9.73. The van der Waals surface area contributed by atoms with E-state index in [2.05, 4.69) is 21.8 Å². The molecule has 0 saturated heterocycles. The summed E-state index contributed by atoms with van der Waals surface area (Å²) in [6.45, 7) is 2.72. The van der Waals surface area contributed by atoms with Crippen molar-refractivity contribution >= 4 is 29.2 Å². The summed E-state index contributed by atoms with van der Waals surface area (Å²) in [5, 5.41) is 2.91. The Bertz CT molecular complexity index is 1210. The van der Waals surface area contributed by atoms with Crippen molar-refractivity contribution in [2.24, 2.45) is 0 Å². The molecule has 1 N–H and O–H groups in total. The molecule has 0 aliphatic carbocycles. The highest BCUT2D eigenvalue weighted by Gasteiger charge is 2.27. The number of aryl methyl sites for hydroxylation is 1. The molecule has 170 valence electrons. The van der Waals surface area contributed by atoms with Crippen molar-refractivity contribution in [3.63, 3.8) is 0 Å². The number of anilines is 1. The number of aromatic nitrogens is 2. The zero-order chi connectivity index (χ0) is 23.4. The molecule has 1 amide bonds. The van der Waals surface area contributed by atoms with Crippen LogP contribution in [0.5, 0.6) is 5.75 Å². The number of esters is 1. The number of fused-ring (bicyclic) bond motifs is 1. The summed E-state index contributed by atoms with van der Waals surface area (Å²) in [6.07, 6.45) is 6.62. The van der Waals surface area contributed by atoms with E-state index in [0.29, 0.717) is 29.1 Å². The standard InChI is InChI=1S/C26H27N3O4/c1-4-5-9-23-27-15-19(29(23)16-17-10-12-18(13-11-17)26(31)33-3)14-21-20-7-6-8-22(32-2)24(20)28-25(21)30/h6-8,10-15H,4-5,9,16H2,1-3H3,(H,28,30)/b21-14-. The van der Waals surface area contributed by atoms with Crippen LogP contribution in [0.3, 0.4) is 0 Å². The van der Waals surface area contributed by atoms with Crippen LogP contribution in [0.2, 0.25) is 0 Å². The molecule has 0 saturated carbocycles. The zero-order valence-electron chi connectivity index (χ0n) is 19.1. The molecule has 2 heterocycles. The third kappa shape index (κ3) is 4.53. The fraction of sp³-hybridized carbons (Fsp3) is 0.269. The molecule has 0 fully saturated rings. The summed E-state index contributed by atoms with van der Waals surface area (Å²) in [7, 11) is 2.96. The largest absolute Gasteiger partial charge is 0.495 e. The van der Waals surface area contributed by atoms with Crippen molar-refractivity contribution in [3.05, 3.63) is 76.9 Å². The minimum Gasteiger partial charge on any atom is -0.495 e. The van der Waals surface area contributed by atoms with Crippen molar-refractivity contribution in [2.45, 2.75) is 32.7 Å². The molecule has 7 nitrogen and oxygen atoms in total. The lowest BCUT2D eigenvalue weighted by Gasteiger charge is -2.12. The van der Waals surface area contributed by atoms with Gasteiger partial charge in [-0.05, 0) is 36.3 Å². The van der Waals surface area contributed by atoms with Crippen LogP contribution in [0.15, 0.2) is 48.7 Å². The van der Waals surface area contributed by atoms with Gasteiger partial charge in [-0.1, -0.05) is 37.6 Å². The summed E-state index contributed by atoms with van der Waals surface area (Å²) in [6, 6.07) is 13.0. The molecule has 7 heteroatoms. The average molecular weight is 446 g/mol. The van der Waals surface area contributed by atoms with E-state index in [1.807, 2.05) is 42.6 Å². The minimum absolute atomic E-state index is 0.167. The van der Waals surface area contributed by atoms with E-state index in [0.717, 1.165) is 41.9 Å². The minimum atomic E-state index is -0.362. The van der Waals surface area contributed by atoms with Crippen LogP contribution in [-0.2, 0) is 22.5 Å². The Morgan fingerprint density at radius 1 is 1.15 bits per heavy atom. The molecule has 0 spiro atoms. The summed E-state index contributed by atoms with van der Waals surface area (Å²) in [5.41, 5.74) is 4.45. The van der Waals surface area contributed by atoms with E-state index in [1.54, 1.807) is 19.2 Å². The van der Waals surface area contributed by atoms with E-state index in [4.69, 9.17) is 9.47 Å². The number of carbonyl (C=O) groups is 2. The van der Waals surface area contributed by atoms with Crippen molar-refractivity contribution in [1.29, 1.82) is 0 Å². The molecule has 0 unspecified atom stereocenters. The molecule has 1 aliphatic rings. The molecule has 4 rings (SSSR count). The van der Waals surface area contributed by atoms with Gasteiger partial charge >= 0.3 is 5.97 Å². The highest BCUT2D eigenvalue weighted by atomic mass is 16.5. The summed E-state index contributed by atoms with van der Waals surface area (Å²) in [5.74, 6) is 1.07. The van der Waals surface area contributed by atoms with Crippen LogP contribution >= 0.6 is 0 Å². The Morgan fingerprint density at radius 2 is 1.94 bits per heavy atom. The van der Waals surface area contributed by atoms with E-state index in [-0.39, 0.29) is 11.9 Å². The van der Waals surface area contributed by atoms with Crippen LogP contribution in [0.4, 0.5) is 5.69 Å². The van der Waals surface area contributed by atoms with E-state index in [1.165, 1.54) is 7.11 Å². The Kier molecular flexibility index (Phi) is 6.58. The maximum absolute atomic E-state index is 12.8. The lowest BCUT2D eigenvalue weighted by molar-refractivity contribution is -0.110. The zero-order valence-corrected chi connectivity index (χ0v) is 19.1. The Morgan fingerprint density at radius 3 is 2.64 bits per heavy atom. The number of nitrogens with zero attached hydrogens (tertiary/aromatic N) is 2. The molecule has 0 radical (unpaired) electrons. The number of nitrogens with one attached hydrogen (secondary N) is 1. The van der Waals surface area contributed by atoms with E-state index < -0.39 is 0 Å². The van der Waals surface area contributed by atoms with Crippen LogP contribution in [0, 0.1) is 0 Å². The normalized spacial score (nSPS) is 13.7. The van der Waals surface area contributed by atoms with E-state index >= 15 is 0 Å². The van der Waals surface area contributed by atoms with Gasteiger partial charge in [0.15, 0.2) is 0 Å². The summed E-state index contributed by atoms with van der Waals surface area (Å²) in [4.78, 5) is 29.2. The van der Waals surface area contributed by atoms with Gasteiger partial charge in [0.05, 0.1) is 42.9 Å². The number of benzene rings is 2. The maximum atomic E-state index is 12.8. The number of hydrogen-bond acceptors (Lipinski definition) is 5. The Balaban J connectivity index is 1.71. The Hall–Kier alpha value is -3.87. The topological polar surface area (TPSA) is 82.5 Å². The van der Waals surface area contributed by atoms with E-state index in [9.17, 15) is 9.59 Å². The number of carbonyl (C=O) groups excluding carboxylic acids is 2. The highest BCUT2D eigenvalue weighted by molar-refractivity contribution is 6.35. The fourth-order valence-corrected chi connectivity index (χ4v) is 3.96. The number of unbranched alkanes of at least 4 members (excludes halogenated alkanes) is 1. The van der Waals surface area contributed by atoms with Crippen molar-refractivity contribution in [2.75, 3.05) is 19.5 Å². The van der Waals surface area contributed by atoms with Gasteiger partial charge in [0.25, 0.3) is 5.91 Å². The Labute approximate surface area is 193 Å². The van der Waals surface area contributed by atoms with Crippen molar-refractivity contribution in [1.82, 2.24) is 9.55 Å². The number of ether oxygens (including phenoxy) is 2.